The van der Waals surface area contributed by atoms with E-state index < -0.39 is 0 Å². The summed E-state index contributed by atoms with van der Waals surface area (Å²) >= 11 is 0. The minimum atomic E-state index is -0.251. The molecule has 1 aliphatic carbocycles. The van der Waals surface area contributed by atoms with Crippen LogP contribution < -0.4 is 5.32 Å². The minimum absolute atomic E-state index is 0.150. The van der Waals surface area contributed by atoms with E-state index in [2.05, 4.69) is 5.32 Å². The number of carbonyl (C=O) groups excluding carboxylic acids is 1. The molecule has 1 N–H and O–H groups in total. The maximum atomic E-state index is 13.8. The normalized spacial score (nSPS) is 12.3. The summed E-state index contributed by atoms with van der Waals surface area (Å²) in [4.78, 5) is 22.4. The van der Waals surface area contributed by atoms with Crippen LogP contribution in [0.2, 0.25) is 0 Å². The number of hydrogen-bond donors (Lipinski definition) is 1. The Morgan fingerprint density at radius 3 is 2.45 bits per heavy atom. The first-order chi connectivity index (χ1) is 16.2. The number of rotatable bonds is 5. The molecule has 0 saturated carbocycles. The summed E-state index contributed by atoms with van der Waals surface area (Å²) in [6.45, 7) is 0. The summed E-state index contributed by atoms with van der Waals surface area (Å²) in [7, 11) is 0. The number of halogens is 1. The molecule has 0 aliphatic heterocycles. The molecule has 1 heterocycles. The summed E-state index contributed by atoms with van der Waals surface area (Å²) in [6.07, 6.45) is 5.38. The second-order valence-corrected chi connectivity index (χ2v) is 8.01. The fourth-order valence-corrected chi connectivity index (χ4v) is 4.03. The molecule has 0 atom stereocenters. The Morgan fingerprint density at radius 2 is 1.67 bits per heavy atom. The summed E-state index contributed by atoms with van der Waals surface area (Å²) < 4.78 is 13.8. The maximum Gasteiger partial charge on any atom is 0.230 e. The molecule has 4 nitrogen and oxygen atoms in total. The number of hydrogen-bond acceptors (Lipinski definition) is 3. The highest BCUT2D eigenvalue weighted by atomic mass is 19.1. The second kappa shape index (κ2) is 9.17. The number of carbonyl (C=O) groups is 1. The van der Waals surface area contributed by atoms with Crippen molar-refractivity contribution in [3.8, 4) is 11.3 Å². The van der Waals surface area contributed by atoms with Gasteiger partial charge in [-0.1, -0.05) is 66.7 Å². The van der Waals surface area contributed by atoms with E-state index >= 15 is 0 Å². The van der Waals surface area contributed by atoms with Crippen molar-refractivity contribution in [3.05, 3.63) is 113 Å². The van der Waals surface area contributed by atoms with E-state index in [0.29, 0.717) is 24.4 Å². The summed E-state index contributed by atoms with van der Waals surface area (Å²) in [5.74, 6) is 0.0367. The topological polar surface area (TPSA) is 54.9 Å². The molecule has 0 spiro atoms. The van der Waals surface area contributed by atoms with Crippen LogP contribution in [0.3, 0.4) is 0 Å². The fraction of sp³-hybridized carbons (Fsp3) is 0.107. The van der Waals surface area contributed by atoms with Crippen LogP contribution in [-0.2, 0) is 24.1 Å². The van der Waals surface area contributed by atoms with Crippen molar-refractivity contribution < 1.29 is 9.18 Å². The Morgan fingerprint density at radius 1 is 0.909 bits per heavy atom. The highest BCUT2D eigenvalue weighted by molar-refractivity contribution is 5.93. The van der Waals surface area contributed by atoms with Crippen molar-refractivity contribution in [3.63, 3.8) is 0 Å². The van der Waals surface area contributed by atoms with Crippen LogP contribution >= 0.6 is 0 Å². The third-order valence-corrected chi connectivity index (χ3v) is 5.65. The molecule has 5 heteroatoms. The highest BCUT2D eigenvalue weighted by Crippen LogP contribution is 2.33. The molecule has 0 radical (unpaired) electrons. The lowest BCUT2D eigenvalue weighted by Crippen LogP contribution is -2.19. The van der Waals surface area contributed by atoms with Crippen molar-refractivity contribution in [1.29, 1.82) is 0 Å². The van der Waals surface area contributed by atoms with Crippen molar-refractivity contribution in [2.24, 2.45) is 0 Å². The number of nitrogens with zero attached hydrogens (tertiary/aromatic N) is 2. The molecule has 0 saturated heterocycles. The highest BCUT2D eigenvalue weighted by Gasteiger charge is 2.22. The van der Waals surface area contributed by atoms with Gasteiger partial charge in [-0.25, -0.2) is 14.4 Å². The van der Waals surface area contributed by atoms with Crippen LogP contribution in [0.1, 0.15) is 28.1 Å². The molecule has 4 aromatic rings. The Bertz CT molecular complexity index is 1330. The predicted molar refractivity (Wildman–Crippen MR) is 129 cm³/mol. The first kappa shape index (κ1) is 20.8. The van der Waals surface area contributed by atoms with Crippen LogP contribution in [0.15, 0.2) is 78.9 Å². The molecule has 1 amide bonds. The Labute approximate surface area is 191 Å². The number of anilines is 1. The van der Waals surface area contributed by atoms with Gasteiger partial charge in [-0.3, -0.25) is 4.79 Å². The van der Waals surface area contributed by atoms with Crippen molar-refractivity contribution in [2.75, 3.05) is 5.32 Å². The van der Waals surface area contributed by atoms with Gasteiger partial charge in [-0.15, -0.1) is 0 Å². The number of nitrogens with one attached hydrogen (secondary N) is 1. The number of benzene rings is 3. The lowest BCUT2D eigenvalue weighted by Gasteiger charge is -2.20. The lowest BCUT2D eigenvalue weighted by molar-refractivity contribution is -0.115. The number of aryl methyl sites for hydroxylation is 2. The molecule has 162 valence electrons. The minimum Gasteiger partial charge on any atom is -0.309 e. The summed E-state index contributed by atoms with van der Waals surface area (Å²) in [5.41, 5.74) is 5.87. The smallest absolute Gasteiger partial charge is 0.230 e. The van der Waals surface area contributed by atoms with E-state index in [1.54, 1.807) is 12.1 Å². The fourth-order valence-electron chi connectivity index (χ4n) is 4.03. The van der Waals surface area contributed by atoms with E-state index in [1.165, 1.54) is 6.07 Å². The Balaban J connectivity index is 1.52. The van der Waals surface area contributed by atoms with E-state index in [0.717, 1.165) is 33.6 Å². The molecule has 0 unspecified atom stereocenters. The second-order valence-electron chi connectivity index (χ2n) is 8.01. The number of fused-ring (bicyclic) bond motifs is 3. The van der Waals surface area contributed by atoms with Crippen LogP contribution in [0.25, 0.3) is 23.4 Å². The Kier molecular flexibility index (Phi) is 5.77. The van der Waals surface area contributed by atoms with Crippen LogP contribution in [-0.4, -0.2) is 15.9 Å². The van der Waals surface area contributed by atoms with Gasteiger partial charge in [0.25, 0.3) is 0 Å². The largest absolute Gasteiger partial charge is 0.309 e. The van der Waals surface area contributed by atoms with Crippen molar-refractivity contribution in [1.82, 2.24) is 9.97 Å². The summed E-state index contributed by atoms with van der Waals surface area (Å²) in [5, 5.41) is 2.95. The van der Waals surface area contributed by atoms with E-state index in [4.69, 9.17) is 9.97 Å². The van der Waals surface area contributed by atoms with Gasteiger partial charge in [0, 0.05) is 5.56 Å². The predicted octanol–water partition coefficient (Wildman–Crippen LogP) is 5.73. The van der Waals surface area contributed by atoms with Gasteiger partial charge in [-0.05, 0) is 53.8 Å². The molecular formula is C28H22FN3O. The zero-order valence-corrected chi connectivity index (χ0v) is 18.0. The van der Waals surface area contributed by atoms with Gasteiger partial charge in [-0.2, -0.15) is 0 Å². The average Bonchev–Trinajstić information content (AvgIpc) is 2.83. The monoisotopic (exact) mass is 435 g/mol. The van der Waals surface area contributed by atoms with Gasteiger partial charge in [0.15, 0.2) is 5.82 Å². The number of amides is 1. The molecule has 0 bridgehead atoms. The van der Waals surface area contributed by atoms with Crippen molar-refractivity contribution in [2.45, 2.75) is 19.3 Å². The zero-order chi connectivity index (χ0) is 22.6. The SMILES string of the molecule is O=C(Cc1ccccc1)Nc1nc2c(nc1C=Cc1ccccc1)-c1ccc(F)cc1CC2. The molecule has 0 fully saturated rings. The van der Waals surface area contributed by atoms with Crippen LogP contribution in [0, 0.1) is 5.82 Å². The average molecular weight is 436 g/mol. The van der Waals surface area contributed by atoms with Gasteiger partial charge in [0.1, 0.15) is 11.5 Å². The quantitative estimate of drug-likeness (QED) is 0.435. The molecule has 1 aliphatic rings. The van der Waals surface area contributed by atoms with Crippen LogP contribution in [0.4, 0.5) is 10.2 Å². The maximum absolute atomic E-state index is 13.8. The third kappa shape index (κ3) is 4.72. The van der Waals surface area contributed by atoms with Gasteiger partial charge >= 0.3 is 0 Å². The van der Waals surface area contributed by atoms with E-state index in [9.17, 15) is 9.18 Å². The lowest BCUT2D eigenvalue weighted by atomic mass is 9.91. The molecular weight excluding hydrogens is 413 g/mol. The standard InChI is InChI=1S/C28H22FN3O/c29-22-13-14-23-21(18-22)12-16-24-27(23)30-25(15-11-19-7-3-1-4-8-19)28(31-24)32-26(33)17-20-9-5-2-6-10-20/h1-11,13-15,18H,12,16-17H2,(H,31,32,33). The molecule has 3 aromatic carbocycles. The van der Waals surface area contributed by atoms with Gasteiger partial charge < -0.3 is 5.32 Å². The summed E-state index contributed by atoms with van der Waals surface area (Å²) in [6, 6.07) is 24.2. The van der Waals surface area contributed by atoms with E-state index in [-0.39, 0.29) is 18.1 Å². The zero-order valence-electron chi connectivity index (χ0n) is 18.0. The molecule has 5 rings (SSSR count). The third-order valence-electron chi connectivity index (χ3n) is 5.65. The van der Waals surface area contributed by atoms with Crippen molar-refractivity contribution >= 4 is 23.9 Å². The Hall–Kier alpha value is -4.12. The van der Waals surface area contributed by atoms with Crippen LogP contribution in [0.5, 0.6) is 0 Å². The molecule has 1 aromatic heterocycles. The van der Waals surface area contributed by atoms with Gasteiger partial charge in [0.05, 0.1) is 17.8 Å². The first-order valence-electron chi connectivity index (χ1n) is 10.9. The first-order valence-corrected chi connectivity index (χ1v) is 10.9. The number of aromatic nitrogens is 2. The van der Waals surface area contributed by atoms with E-state index in [1.807, 2.05) is 72.8 Å². The molecule has 33 heavy (non-hydrogen) atoms. The van der Waals surface area contributed by atoms with Gasteiger partial charge in [0.2, 0.25) is 5.91 Å².